The normalized spacial score (nSPS) is 22.1. The molecular weight excluding hydrogens is 124 g/mol. The Kier molecular flexibility index (Phi) is 2.00. The summed E-state index contributed by atoms with van der Waals surface area (Å²) in [6, 6.07) is 0. The van der Waals surface area contributed by atoms with Crippen molar-refractivity contribution in [2.24, 2.45) is 0 Å². The molecule has 1 rings (SSSR count). The fourth-order valence-electron chi connectivity index (χ4n) is 1.43. The van der Waals surface area contributed by atoms with E-state index in [1.165, 1.54) is 13.1 Å². The van der Waals surface area contributed by atoms with Gasteiger partial charge in [-0.3, -0.25) is 4.48 Å². The molecule has 0 aromatic rings. The minimum atomic E-state index is 1.12. The highest BCUT2D eigenvalue weighted by atomic mass is 15.5. The summed E-state index contributed by atoms with van der Waals surface area (Å²) in [6.07, 6.45) is 4.47. The zero-order valence-corrected chi connectivity index (χ0v) is 7.17. The number of nitrogens with zero attached hydrogens (tertiary/aromatic N) is 2. The summed E-state index contributed by atoms with van der Waals surface area (Å²) >= 11 is 0. The molecule has 0 radical (unpaired) electrons. The van der Waals surface area contributed by atoms with Crippen molar-refractivity contribution in [2.75, 3.05) is 26.8 Å². The van der Waals surface area contributed by atoms with Crippen LogP contribution < -0.4 is 0 Å². The molecule has 0 aromatic heterocycles. The van der Waals surface area contributed by atoms with Gasteiger partial charge < -0.3 is 4.90 Å². The molecule has 0 aromatic carbocycles. The van der Waals surface area contributed by atoms with Crippen LogP contribution in [0.25, 0.3) is 0 Å². The van der Waals surface area contributed by atoms with Gasteiger partial charge in [-0.15, -0.1) is 0 Å². The van der Waals surface area contributed by atoms with Crippen LogP contribution in [0.4, 0.5) is 0 Å². The third-order valence-corrected chi connectivity index (χ3v) is 2.40. The van der Waals surface area contributed by atoms with E-state index in [9.17, 15) is 0 Å². The Morgan fingerprint density at radius 3 is 2.20 bits per heavy atom. The van der Waals surface area contributed by atoms with Gasteiger partial charge in [-0.05, 0) is 13.8 Å². The Balaban J connectivity index is 2.61. The van der Waals surface area contributed by atoms with E-state index < -0.39 is 0 Å². The molecule has 10 heavy (non-hydrogen) atoms. The van der Waals surface area contributed by atoms with Crippen molar-refractivity contribution in [2.45, 2.75) is 13.8 Å². The maximum Gasteiger partial charge on any atom is 0.158 e. The smallest absolute Gasteiger partial charge is 0.158 e. The highest BCUT2D eigenvalue weighted by molar-refractivity contribution is 4.78. The minimum absolute atomic E-state index is 1.12. The van der Waals surface area contributed by atoms with Crippen molar-refractivity contribution in [3.63, 3.8) is 0 Å². The van der Waals surface area contributed by atoms with Gasteiger partial charge in [0.2, 0.25) is 0 Å². The van der Waals surface area contributed by atoms with Crippen molar-refractivity contribution >= 4 is 0 Å². The average molecular weight is 141 g/mol. The van der Waals surface area contributed by atoms with Gasteiger partial charge in [-0.25, -0.2) is 0 Å². The molecule has 1 aliphatic heterocycles. The monoisotopic (exact) mass is 141 g/mol. The first kappa shape index (κ1) is 7.61. The van der Waals surface area contributed by atoms with Gasteiger partial charge in [0.25, 0.3) is 0 Å². The summed E-state index contributed by atoms with van der Waals surface area (Å²) in [5, 5.41) is 0. The molecule has 0 saturated carbocycles. The van der Waals surface area contributed by atoms with Crippen molar-refractivity contribution < 1.29 is 4.48 Å². The molecule has 0 saturated heterocycles. The molecule has 0 unspecified atom stereocenters. The van der Waals surface area contributed by atoms with Crippen LogP contribution in [-0.2, 0) is 0 Å². The van der Waals surface area contributed by atoms with Gasteiger partial charge in [0.1, 0.15) is 6.20 Å². The number of hydrogen-bond donors (Lipinski definition) is 0. The molecule has 0 aliphatic carbocycles. The second kappa shape index (κ2) is 2.62. The fraction of sp³-hybridized carbons (Fsp3) is 0.750. The molecule has 2 heteroatoms. The van der Waals surface area contributed by atoms with Gasteiger partial charge >= 0.3 is 0 Å². The summed E-state index contributed by atoms with van der Waals surface area (Å²) in [4.78, 5) is 2.24. The molecule has 0 N–H and O–H groups in total. The van der Waals surface area contributed by atoms with Crippen molar-refractivity contribution in [3.05, 3.63) is 12.4 Å². The maximum atomic E-state index is 2.29. The highest BCUT2D eigenvalue weighted by Crippen LogP contribution is 2.14. The quantitative estimate of drug-likeness (QED) is 0.523. The Morgan fingerprint density at radius 2 is 2.00 bits per heavy atom. The van der Waals surface area contributed by atoms with Crippen molar-refractivity contribution in [1.82, 2.24) is 4.90 Å². The standard InChI is InChI=1S/C8H17N2/c1-4-10(5-2)7-6-9(3)8-10/h6-7H,4-5,8H2,1-3H3/q+1. The van der Waals surface area contributed by atoms with Gasteiger partial charge in [0.05, 0.1) is 19.3 Å². The third-order valence-electron chi connectivity index (χ3n) is 2.40. The van der Waals surface area contributed by atoms with Crippen LogP contribution in [0.2, 0.25) is 0 Å². The maximum absolute atomic E-state index is 2.29. The average Bonchev–Trinajstić information content (AvgIpc) is 2.33. The molecule has 58 valence electrons. The summed E-state index contributed by atoms with van der Waals surface area (Å²) in [7, 11) is 2.13. The molecule has 1 heterocycles. The van der Waals surface area contributed by atoms with E-state index in [-0.39, 0.29) is 0 Å². The predicted molar refractivity (Wildman–Crippen MR) is 43.1 cm³/mol. The van der Waals surface area contributed by atoms with E-state index in [1.54, 1.807) is 0 Å². The van der Waals surface area contributed by atoms with E-state index in [1.807, 2.05) is 0 Å². The summed E-state index contributed by atoms with van der Waals surface area (Å²) in [6.45, 7) is 8.04. The van der Waals surface area contributed by atoms with Crippen LogP contribution in [-0.4, -0.2) is 36.2 Å². The van der Waals surface area contributed by atoms with E-state index in [0.29, 0.717) is 0 Å². The van der Waals surface area contributed by atoms with Gasteiger partial charge in [-0.2, -0.15) is 0 Å². The SMILES string of the molecule is CC[N+]1(CC)C=CN(C)C1. The number of quaternary nitrogens is 1. The molecule has 0 fully saturated rings. The molecule has 0 amide bonds. The lowest BCUT2D eigenvalue weighted by Crippen LogP contribution is -2.43. The van der Waals surface area contributed by atoms with E-state index in [2.05, 4.69) is 38.2 Å². The molecular formula is C8H17N2+. The molecule has 0 atom stereocenters. The lowest BCUT2D eigenvalue weighted by atomic mass is 10.4. The molecule has 1 aliphatic rings. The van der Waals surface area contributed by atoms with Crippen LogP contribution in [0.1, 0.15) is 13.8 Å². The Morgan fingerprint density at radius 1 is 1.40 bits per heavy atom. The first-order valence-electron chi connectivity index (χ1n) is 3.98. The topological polar surface area (TPSA) is 3.24 Å². The van der Waals surface area contributed by atoms with Crippen molar-refractivity contribution in [1.29, 1.82) is 0 Å². The first-order valence-corrected chi connectivity index (χ1v) is 3.98. The first-order chi connectivity index (χ1) is 4.72. The highest BCUT2D eigenvalue weighted by Gasteiger charge is 2.25. The van der Waals surface area contributed by atoms with Gasteiger partial charge in [0.15, 0.2) is 6.67 Å². The summed E-state index contributed by atoms with van der Waals surface area (Å²) in [5.74, 6) is 0. The molecule has 0 spiro atoms. The zero-order chi connectivity index (χ0) is 7.61. The van der Waals surface area contributed by atoms with Crippen LogP contribution in [0.3, 0.4) is 0 Å². The van der Waals surface area contributed by atoms with E-state index in [4.69, 9.17) is 0 Å². The number of hydrogen-bond acceptors (Lipinski definition) is 1. The summed E-state index contributed by atoms with van der Waals surface area (Å²) < 4.78 is 1.12. The van der Waals surface area contributed by atoms with Crippen LogP contribution in [0.15, 0.2) is 12.4 Å². The second-order valence-corrected chi connectivity index (χ2v) is 3.05. The zero-order valence-electron chi connectivity index (χ0n) is 7.17. The number of rotatable bonds is 2. The molecule has 0 bridgehead atoms. The second-order valence-electron chi connectivity index (χ2n) is 3.05. The fourth-order valence-corrected chi connectivity index (χ4v) is 1.43. The molecule has 2 nitrogen and oxygen atoms in total. The van der Waals surface area contributed by atoms with E-state index in [0.717, 1.165) is 11.2 Å². The van der Waals surface area contributed by atoms with Crippen LogP contribution in [0.5, 0.6) is 0 Å². The third kappa shape index (κ3) is 1.16. The lowest BCUT2D eigenvalue weighted by Gasteiger charge is -2.29. The largest absolute Gasteiger partial charge is 0.329 e. The Bertz CT molecular complexity index is 136. The van der Waals surface area contributed by atoms with Gasteiger partial charge in [-0.1, -0.05) is 0 Å². The predicted octanol–water partition coefficient (Wildman–Crippen LogP) is 1.22. The minimum Gasteiger partial charge on any atom is -0.329 e. The Hall–Kier alpha value is -0.500. The van der Waals surface area contributed by atoms with E-state index >= 15 is 0 Å². The summed E-state index contributed by atoms with van der Waals surface area (Å²) in [5.41, 5.74) is 0. The lowest BCUT2D eigenvalue weighted by molar-refractivity contribution is -0.877. The van der Waals surface area contributed by atoms with Gasteiger partial charge in [0, 0.05) is 7.05 Å². The van der Waals surface area contributed by atoms with Crippen LogP contribution in [0, 0.1) is 0 Å². The Labute approximate surface area is 63.3 Å². The van der Waals surface area contributed by atoms with Crippen molar-refractivity contribution in [3.8, 4) is 0 Å². The van der Waals surface area contributed by atoms with Crippen LogP contribution >= 0.6 is 0 Å².